The fourth-order valence-electron chi connectivity index (χ4n) is 2.70. The van der Waals surface area contributed by atoms with E-state index in [1.807, 2.05) is 19.2 Å². The number of carbonyl (C=O) groups excluding carboxylic acids is 1. The molecule has 1 N–H and O–H groups in total. The molecule has 0 bridgehead atoms. The van der Waals surface area contributed by atoms with Gasteiger partial charge in [0, 0.05) is 24.5 Å². The third kappa shape index (κ3) is 4.95. The molecule has 21 heavy (non-hydrogen) atoms. The summed E-state index contributed by atoms with van der Waals surface area (Å²) in [5.41, 5.74) is 0. The van der Waals surface area contributed by atoms with Crippen LogP contribution >= 0.6 is 22.9 Å². The van der Waals surface area contributed by atoms with Gasteiger partial charge >= 0.3 is 0 Å². The summed E-state index contributed by atoms with van der Waals surface area (Å²) in [4.78, 5) is 17.6. The molecule has 2 heterocycles. The van der Waals surface area contributed by atoms with Gasteiger partial charge in [-0.1, -0.05) is 18.5 Å². The molecule has 1 aromatic rings. The Labute approximate surface area is 136 Å². The summed E-state index contributed by atoms with van der Waals surface area (Å²) in [6, 6.07) is 4.35. The van der Waals surface area contributed by atoms with Gasteiger partial charge in [0.15, 0.2) is 0 Å². The Morgan fingerprint density at radius 1 is 1.52 bits per heavy atom. The average molecular weight is 330 g/mol. The van der Waals surface area contributed by atoms with Crippen LogP contribution in [0, 0.1) is 0 Å². The van der Waals surface area contributed by atoms with Crippen LogP contribution in [0.3, 0.4) is 0 Å². The van der Waals surface area contributed by atoms with Crippen LogP contribution in [0.4, 0.5) is 0 Å². The Morgan fingerprint density at radius 3 is 2.90 bits per heavy atom. The van der Waals surface area contributed by atoms with E-state index in [2.05, 4.69) is 17.1 Å². The van der Waals surface area contributed by atoms with Crippen LogP contribution in [-0.2, 0) is 11.3 Å². The second kappa shape index (κ2) is 8.13. The molecule has 6 heteroatoms. The second-order valence-electron chi connectivity index (χ2n) is 5.52. The van der Waals surface area contributed by atoms with Crippen molar-refractivity contribution in [2.45, 2.75) is 32.4 Å². The van der Waals surface area contributed by atoms with Gasteiger partial charge in [-0.25, -0.2) is 0 Å². The molecule has 1 amide bonds. The topological polar surface area (TPSA) is 35.6 Å². The maximum atomic E-state index is 12.4. The molecule has 0 aromatic carbocycles. The molecule has 118 valence electrons. The lowest BCUT2D eigenvalue weighted by Gasteiger charge is -2.34. The molecule has 1 fully saturated rings. The number of thiophene rings is 1. The fraction of sp³-hybridized carbons (Fsp3) is 0.667. The van der Waals surface area contributed by atoms with Crippen LogP contribution in [0.15, 0.2) is 12.1 Å². The molecule has 1 unspecified atom stereocenters. The van der Waals surface area contributed by atoms with Crippen LogP contribution in [0.2, 0.25) is 4.34 Å². The molecule has 1 aliphatic rings. The third-order valence-corrected chi connectivity index (χ3v) is 5.20. The van der Waals surface area contributed by atoms with E-state index in [0.29, 0.717) is 19.1 Å². The third-order valence-electron chi connectivity index (χ3n) is 3.98. The Balaban J connectivity index is 1.86. The largest absolute Gasteiger partial charge is 0.340 e. The minimum atomic E-state index is 0.173. The normalized spacial score (nSPS) is 19.0. The van der Waals surface area contributed by atoms with Gasteiger partial charge in [-0.15, -0.1) is 11.3 Å². The number of piperidine rings is 1. The van der Waals surface area contributed by atoms with Gasteiger partial charge in [-0.05, 0) is 38.1 Å². The first kappa shape index (κ1) is 16.7. The minimum absolute atomic E-state index is 0.173. The molecule has 0 radical (unpaired) electrons. The molecule has 2 rings (SSSR count). The molecule has 4 nitrogen and oxygen atoms in total. The first-order valence-electron chi connectivity index (χ1n) is 7.53. The maximum absolute atomic E-state index is 12.4. The molecule has 0 spiro atoms. The van der Waals surface area contributed by atoms with Gasteiger partial charge < -0.3 is 10.2 Å². The van der Waals surface area contributed by atoms with Crippen LogP contribution in [0.25, 0.3) is 0 Å². The van der Waals surface area contributed by atoms with Crippen molar-refractivity contribution in [3.8, 4) is 0 Å². The van der Waals surface area contributed by atoms with E-state index >= 15 is 0 Å². The lowest BCUT2D eigenvalue weighted by molar-refractivity contribution is -0.132. The van der Waals surface area contributed by atoms with Crippen molar-refractivity contribution in [1.82, 2.24) is 15.1 Å². The van der Waals surface area contributed by atoms with Gasteiger partial charge in [0.1, 0.15) is 0 Å². The van der Waals surface area contributed by atoms with E-state index < -0.39 is 0 Å². The standard InChI is InChI=1S/C15H24ClN3OS/c1-3-19(12-5-4-8-17-9-12)11-15(20)18(2)10-13-6-7-14(16)21-13/h6-7,12,17H,3-5,8-11H2,1-2H3. The number of halogens is 1. The average Bonchev–Trinajstić information content (AvgIpc) is 2.90. The van der Waals surface area contributed by atoms with E-state index in [4.69, 9.17) is 11.6 Å². The van der Waals surface area contributed by atoms with E-state index in [-0.39, 0.29) is 5.91 Å². The summed E-state index contributed by atoms with van der Waals surface area (Å²) in [7, 11) is 1.86. The van der Waals surface area contributed by atoms with E-state index in [0.717, 1.165) is 28.8 Å². The predicted octanol–water partition coefficient (Wildman–Crippen LogP) is 2.43. The molecule has 1 aromatic heterocycles. The summed E-state index contributed by atoms with van der Waals surface area (Å²) in [6.45, 7) is 6.26. The Hall–Kier alpha value is -0.620. The highest BCUT2D eigenvalue weighted by molar-refractivity contribution is 7.16. The van der Waals surface area contributed by atoms with Gasteiger partial charge in [0.25, 0.3) is 0 Å². The lowest BCUT2D eigenvalue weighted by atomic mass is 10.1. The van der Waals surface area contributed by atoms with Gasteiger partial charge in [-0.2, -0.15) is 0 Å². The van der Waals surface area contributed by atoms with Crippen molar-refractivity contribution in [2.75, 3.05) is 33.2 Å². The van der Waals surface area contributed by atoms with Gasteiger partial charge in [0.2, 0.25) is 5.91 Å². The summed E-state index contributed by atoms with van der Waals surface area (Å²) >= 11 is 7.47. The molecular formula is C15H24ClN3OS. The van der Waals surface area contributed by atoms with Crippen LogP contribution in [0.5, 0.6) is 0 Å². The smallest absolute Gasteiger partial charge is 0.236 e. The highest BCUT2D eigenvalue weighted by atomic mass is 35.5. The number of rotatable bonds is 6. The molecule has 1 saturated heterocycles. The van der Waals surface area contributed by atoms with E-state index in [9.17, 15) is 4.79 Å². The van der Waals surface area contributed by atoms with Crippen LogP contribution in [-0.4, -0.2) is 55.0 Å². The quantitative estimate of drug-likeness (QED) is 0.870. The van der Waals surface area contributed by atoms with Crippen LogP contribution < -0.4 is 5.32 Å². The summed E-state index contributed by atoms with van der Waals surface area (Å²) < 4.78 is 0.773. The maximum Gasteiger partial charge on any atom is 0.236 e. The highest BCUT2D eigenvalue weighted by Gasteiger charge is 2.23. The summed E-state index contributed by atoms with van der Waals surface area (Å²) in [5, 5.41) is 3.42. The highest BCUT2D eigenvalue weighted by Crippen LogP contribution is 2.22. The molecule has 1 atom stereocenters. The predicted molar refractivity (Wildman–Crippen MR) is 88.9 cm³/mol. The Bertz CT molecular complexity index is 460. The summed E-state index contributed by atoms with van der Waals surface area (Å²) in [6.07, 6.45) is 2.37. The first-order valence-corrected chi connectivity index (χ1v) is 8.72. The number of likely N-dealkylation sites (N-methyl/N-ethyl adjacent to an activating group) is 2. The van der Waals surface area contributed by atoms with Crippen molar-refractivity contribution in [2.24, 2.45) is 0 Å². The van der Waals surface area contributed by atoms with Crippen LogP contribution in [0.1, 0.15) is 24.6 Å². The van der Waals surface area contributed by atoms with Crippen molar-refractivity contribution < 1.29 is 4.79 Å². The van der Waals surface area contributed by atoms with Gasteiger partial charge in [0.05, 0.1) is 17.4 Å². The molecular weight excluding hydrogens is 306 g/mol. The summed E-state index contributed by atoms with van der Waals surface area (Å²) in [5.74, 6) is 0.173. The Kier molecular flexibility index (Phi) is 6.48. The zero-order valence-electron chi connectivity index (χ0n) is 12.8. The Morgan fingerprint density at radius 2 is 2.33 bits per heavy atom. The van der Waals surface area contributed by atoms with Crippen molar-refractivity contribution in [3.63, 3.8) is 0 Å². The zero-order chi connectivity index (χ0) is 15.2. The molecule has 1 aliphatic heterocycles. The molecule has 0 saturated carbocycles. The SMILES string of the molecule is CCN(CC(=O)N(C)Cc1ccc(Cl)s1)C1CCCNC1. The monoisotopic (exact) mass is 329 g/mol. The van der Waals surface area contributed by atoms with Gasteiger partial charge in [-0.3, -0.25) is 9.69 Å². The number of amides is 1. The minimum Gasteiger partial charge on any atom is -0.340 e. The zero-order valence-corrected chi connectivity index (χ0v) is 14.3. The van der Waals surface area contributed by atoms with Crippen molar-refractivity contribution in [3.05, 3.63) is 21.3 Å². The molecule has 0 aliphatic carbocycles. The van der Waals surface area contributed by atoms with Crippen molar-refractivity contribution in [1.29, 1.82) is 0 Å². The fourth-order valence-corrected chi connectivity index (χ4v) is 3.84. The second-order valence-corrected chi connectivity index (χ2v) is 7.32. The number of nitrogens with one attached hydrogen (secondary N) is 1. The lowest BCUT2D eigenvalue weighted by Crippen LogP contribution is -2.49. The number of carbonyl (C=O) groups is 1. The number of hydrogen-bond acceptors (Lipinski definition) is 4. The van der Waals surface area contributed by atoms with E-state index in [1.54, 1.807) is 4.90 Å². The first-order chi connectivity index (χ1) is 10.1. The van der Waals surface area contributed by atoms with E-state index in [1.165, 1.54) is 24.2 Å². The number of hydrogen-bond donors (Lipinski definition) is 1. The van der Waals surface area contributed by atoms with Crippen molar-refractivity contribution >= 4 is 28.8 Å². The number of nitrogens with zero attached hydrogens (tertiary/aromatic N) is 2.